The van der Waals surface area contributed by atoms with Gasteiger partial charge in [0, 0.05) is 17.3 Å². The van der Waals surface area contributed by atoms with Crippen LogP contribution in [0.15, 0.2) is 82.1 Å². The molecule has 3 aromatic heterocycles. The third-order valence-electron chi connectivity index (χ3n) is 5.41. The molecule has 168 valence electrons. The van der Waals surface area contributed by atoms with E-state index in [1.54, 1.807) is 36.5 Å². The Kier molecular flexibility index (Phi) is 5.47. The molecule has 0 spiro atoms. The minimum absolute atomic E-state index is 0.225. The van der Waals surface area contributed by atoms with E-state index in [0.717, 1.165) is 11.3 Å². The van der Waals surface area contributed by atoms with Gasteiger partial charge in [-0.05, 0) is 67.9 Å². The average molecular weight is 451 g/mol. The van der Waals surface area contributed by atoms with E-state index in [4.69, 9.17) is 4.42 Å². The molecule has 0 unspecified atom stereocenters. The van der Waals surface area contributed by atoms with Crippen LogP contribution in [-0.2, 0) is 6.54 Å². The SMILES string of the molecule is Cc1ccc(-c2cc(C(=O)NCc3ccc(C)nn3)cc(-n3c(=O)oc4ccccc43)c2)nc1. The van der Waals surface area contributed by atoms with E-state index in [1.165, 1.54) is 4.57 Å². The molecule has 0 fully saturated rings. The molecule has 8 nitrogen and oxygen atoms in total. The van der Waals surface area contributed by atoms with Crippen molar-refractivity contribution in [3.63, 3.8) is 0 Å². The highest BCUT2D eigenvalue weighted by Crippen LogP contribution is 2.25. The van der Waals surface area contributed by atoms with Crippen molar-refractivity contribution in [1.82, 2.24) is 25.1 Å². The molecule has 2 aromatic carbocycles. The molecule has 5 aromatic rings. The zero-order chi connectivity index (χ0) is 23.7. The van der Waals surface area contributed by atoms with Gasteiger partial charge in [0.15, 0.2) is 5.58 Å². The number of aryl methyl sites for hydroxylation is 2. The molecule has 5 rings (SSSR count). The Labute approximate surface area is 194 Å². The third kappa shape index (κ3) is 4.21. The number of amides is 1. The van der Waals surface area contributed by atoms with Crippen molar-refractivity contribution in [2.24, 2.45) is 0 Å². The van der Waals surface area contributed by atoms with Gasteiger partial charge in [0.1, 0.15) is 0 Å². The van der Waals surface area contributed by atoms with Crippen molar-refractivity contribution in [2.75, 3.05) is 0 Å². The number of carbonyl (C=O) groups excluding carboxylic acids is 1. The summed E-state index contributed by atoms with van der Waals surface area (Å²) in [6.07, 6.45) is 1.76. The highest BCUT2D eigenvalue weighted by atomic mass is 16.4. The van der Waals surface area contributed by atoms with Crippen LogP contribution in [0, 0.1) is 13.8 Å². The van der Waals surface area contributed by atoms with Crippen LogP contribution in [0.25, 0.3) is 28.0 Å². The number of hydrogen-bond acceptors (Lipinski definition) is 6. The number of para-hydroxylation sites is 2. The fraction of sp³-hybridized carbons (Fsp3) is 0.115. The lowest BCUT2D eigenvalue weighted by atomic mass is 10.0. The Morgan fingerprint density at radius 1 is 1.00 bits per heavy atom. The van der Waals surface area contributed by atoms with E-state index < -0.39 is 5.76 Å². The maximum atomic E-state index is 13.1. The molecule has 3 heterocycles. The smallest absolute Gasteiger partial charge is 0.407 e. The van der Waals surface area contributed by atoms with Crippen molar-refractivity contribution in [2.45, 2.75) is 20.4 Å². The van der Waals surface area contributed by atoms with Crippen LogP contribution < -0.4 is 11.1 Å². The van der Waals surface area contributed by atoms with E-state index in [0.29, 0.717) is 39.3 Å². The summed E-state index contributed by atoms with van der Waals surface area (Å²) in [4.78, 5) is 30.3. The van der Waals surface area contributed by atoms with Gasteiger partial charge in [0.25, 0.3) is 5.91 Å². The summed E-state index contributed by atoms with van der Waals surface area (Å²) in [7, 11) is 0. The number of pyridine rings is 1. The number of aromatic nitrogens is 4. The maximum Gasteiger partial charge on any atom is 0.424 e. The third-order valence-corrected chi connectivity index (χ3v) is 5.41. The molecule has 0 atom stereocenters. The van der Waals surface area contributed by atoms with Gasteiger partial charge in [-0.25, -0.2) is 9.36 Å². The van der Waals surface area contributed by atoms with Gasteiger partial charge in [0.05, 0.1) is 34.8 Å². The van der Waals surface area contributed by atoms with Gasteiger partial charge < -0.3 is 9.73 Å². The van der Waals surface area contributed by atoms with Gasteiger partial charge in [-0.2, -0.15) is 10.2 Å². The number of fused-ring (bicyclic) bond motifs is 1. The van der Waals surface area contributed by atoms with Gasteiger partial charge in [0.2, 0.25) is 0 Å². The van der Waals surface area contributed by atoms with Crippen LogP contribution in [0.2, 0.25) is 0 Å². The molecule has 1 N–H and O–H groups in total. The Balaban J connectivity index is 1.58. The van der Waals surface area contributed by atoms with Crippen LogP contribution in [0.1, 0.15) is 27.3 Å². The average Bonchev–Trinajstić information content (AvgIpc) is 3.19. The molecule has 0 aliphatic carbocycles. The summed E-state index contributed by atoms with van der Waals surface area (Å²) in [6.45, 7) is 4.03. The highest BCUT2D eigenvalue weighted by molar-refractivity contribution is 5.96. The van der Waals surface area contributed by atoms with Gasteiger partial charge in [-0.3, -0.25) is 9.78 Å². The Morgan fingerprint density at radius 3 is 2.62 bits per heavy atom. The van der Waals surface area contributed by atoms with E-state index in [2.05, 4.69) is 20.5 Å². The number of carbonyl (C=O) groups is 1. The predicted molar refractivity (Wildman–Crippen MR) is 128 cm³/mol. The molecule has 1 amide bonds. The van der Waals surface area contributed by atoms with Crippen molar-refractivity contribution in [3.8, 4) is 16.9 Å². The fourth-order valence-corrected chi connectivity index (χ4v) is 3.66. The van der Waals surface area contributed by atoms with E-state index >= 15 is 0 Å². The molecule has 0 aliphatic rings. The Hall–Kier alpha value is -4.59. The number of benzene rings is 2. The van der Waals surface area contributed by atoms with Crippen molar-refractivity contribution >= 4 is 17.0 Å². The topological polar surface area (TPSA) is 103 Å². The molecule has 0 bridgehead atoms. The molecule has 8 heteroatoms. The largest absolute Gasteiger partial charge is 0.424 e. The van der Waals surface area contributed by atoms with E-state index in [9.17, 15) is 9.59 Å². The number of nitrogens with zero attached hydrogens (tertiary/aromatic N) is 4. The molecule has 0 saturated heterocycles. The second-order valence-electron chi connectivity index (χ2n) is 8.01. The lowest BCUT2D eigenvalue weighted by Crippen LogP contribution is -2.24. The van der Waals surface area contributed by atoms with E-state index in [1.807, 2.05) is 50.2 Å². The Bertz CT molecular complexity index is 1550. The first-order chi connectivity index (χ1) is 16.5. The maximum absolute atomic E-state index is 13.1. The van der Waals surface area contributed by atoms with Crippen molar-refractivity contribution in [1.29, 1.82) is 0 Å². The zero-order valence-electron chi connectivity index (χ0n) is 18.6. The van der Waals surface area contributed by atoms with Crippen LogP contribution in [-0.4, -0.2) is 25.7 Å². The summed E-state index contributed by atoms with van der Waals surface area (Å²) in [5.41, 5.74) is 5.83. The summed E-state index contributed by atoms with van der Waals surface area (Å²) in [5, 5.41) is 11.0. The predicted octanol–water partition coefficient (Wildman–Crippen LogP) is 3.98. The van der Waals surface area contributed by atoms with Crippen molar-refractivity contribution < 1.29 is 9.21 Å². The lowest BCUT2D eigenvalue weighted by molar-refractivity contribution is 0.0950. The first-order valence-electron chi connectivity index (χ1n) is 10.7. The molecule has 0 aliphatic heterocycles. The second-order valence-corrected chi connectivity index (χ2v) is 8.01. The van der Waals surface area contributed by atoms with Crippen LogP contribution in [0.5, 0.6) is 0 Å². The van der Waals surface area contributed by atoms with Crippen molar-refractivity contribution in [3.05, 3.63) is 106 Å². The van der Waals surface area contributed by atoms with Gasteiger partial charge in [-0.1, -0.05) is 18.2 Å². The minimum Gasteiger partial charge on any atom is -0.407 e. The zero-order valence-corrected chi connectivity index (χ0v) is 18.6. The molecular weight excluding hydrogens is 430 g/mol. The Morgan fingerprint density at radius 2 is 1.85 bits per heavy atom. The standard InChI is InChI=1S/C26H21N5O3/c1-16-7-10-22(27-14-16)18-11-19(25(32)28-15-20-9-8-17(2)29-30-20)13-21(12-18)31-23-5-3-4-6-24(23)34-26(31)33/h3-14H,15H2,1-2H3,(H,28,32). The van der Waals surface area contributed by atoms with E-state index in [-0.39, 0.29) is 12.5 Å². The molecule has 0 radical (unpaired) electrons. The highest BCUT2D eigenvalue weighted by Gasteiger charge is 2.16. The number of hydrogen-bond donors (Lipinski definition) is 1. The molecule has 0 saturated carbocycles. The quantitative estimate of drug-likeness (QED) is 0.434. The number of oxazole rings is 1. The monoisotopic (exact) mass is 451 g/mol. The lowest BCUT2D eigenvalue weighted by Gasteiger charge is -2.11. The molecule has 34 heavy (non-hydrogen) atoms. The van der Waals surface area contributed by atoms with Crippen LogP contribution in [0.3, 0.4) is 0 Å². The van der Waals surface area contributed by atoms with Crippen LogP contribution in [0.4, 0.5) is 0 Å². The fourth-order valence-electron chi connectivity index (χ4n) is 3.66. The van der Waals surface area contributed by atoms with Gasteiger partial charge >= 0.3 is 5.76 Å². The second kappa shape index (κ2) is 8.74. The number of nitrogens with one attached hydrogen (secondary N) is 1. The minimum atomic E-state index is -0.531. The summed E-state index contributed by atoms with van der Waals surface area (Å²) in [5.74, 6) is -0.838. The first-order valence-corrected chi connectivity index (χ1v) is 10.7. The first kappa shape index (κ1) is 21.3. The van der Waals surface area contributed by atoms with Gasteiger partial charge in [-0.15, -0.1) is 0 Å². The normalized spacial score (nSPS) is 11.0. The summed E-state index contributed by atoms with van der Waals surface area (Å²) < 4.78 is 6.86. The number of rotatable bonds is 5. The summed E-state index contributed by atoms with van der Waals surface area (Å²) in [6, 6.07) is 19.9. The summed E-state index contributed by atoms with van der Waals surface area (Å²) >= 11 is 0. The van der Waals surface area contributed by atoms with Crippen LogP contribution >= 0.6 is 0 Å². The molecular formula is C26H21N5O3.